The zero-order valence-corrected chi connectivity index (χ0v) is 27.7. The minimum Gasteiger partial charge on any atom is -0.490 e. The topological polar surface area (TPSA) is 81.7 Å². The number of ether oxygens (including phenoxy) is 2. The van der Waals surface area contributed by atoms with Crippen molar-refractivity contribution in [2.24, 2.45) is 0 Å². The van der Waals surface area contributed by atoms with Crippen molar-refractivity contribution in [1.29, 1.82) is 0 Å². The van der Waals surface area contributed by atoms with Crippen molar-refractivity contribution in [2.45, 2.75) is 44.8 Å². The van der Waals surface area contributed by atoms with Crippen LogP contribution in [0.5, 0.6) is 11.5 Å². The molecular weight excluding hydrogens is 606 g/mol. The predicted octanol–water partition coefficient (Wildman–Crippen LogP) is 3.74. The van der Waals surface area contributed by atoms with Crippen LogP contribution < -0.4 is 14.4 Å². The van der Waals surface area contributed by atoms with E-state index in [9.17, 15) is 9.59 Å². The Labute approximate surface area is 275 Å². The van der Waals surface area contributed by atoms with Crippen LogP contribution in [0.4, 0.5) is 14.6 Å². The van der Waals surface area contributed by atoms with Crippen LogP contribution in [-0.2, 0) is 4.79 Å². The summed E-state index contributed by atoms with van der Waals surface area (Å²) in [6, 6.07) is 1.88. The van der Waals surface area contributed by atoms with Gasteiger partial charge in [-0.1, -0.05) is 19.2 Å². The Bertz CT molecular complexity index is 1590. The number of carbonyl (C=O) groups excluding carboxylic acids is 2. The molecule has 1 unspecified atom stereocenters. The number of hydrogen-bond acceptors (Lipinski definition) is 8. The van der Waals surface area contributed by atoms with Gasteiger partial charge in [-0.2, -0.15) is 0 Å². The number of benzene rings is 1. The monoisotopic (exact) mass is 650 g/mol. The Morgan fingerprint density at radius 2 is 1.79 bits per heavy atom. The maximum Gasteiger partial charge on any atom is 0.261 e. The molecule has 2 amide bonds. The zero-order valence-electron chi connectivity index (χ0n) is 27.7. The third-order valence-corrected chi connectivity index (χ3v) is 10.0. The molecule has 47 heavy (non-hydrogen) atoms. The summed E-state index contributed by atoms with van der Waals surface area (Å²) < 4.78 is 43.2. The van der Waals surface area contributed by atoms with Gasteiger partial charge in [-0.3, -0.25) is 14.5 Å². The van der Waals surface area contributed by atoms with Gasteiger partial charge in [0.2, 0.25) is 5.91 Å². The molecule has 3 fully saturated rings. The number of piperazine rings is 2. The molecule has 0 radical (unpaired) electrons. The number of likely N-dealkylation sites (N-methyl/N-ethyl adjacent to an activating group) is 1. The molecular formula is C35H44F2N6O4. The third-order valence-electron chi connectivity index (χ3n) is 10.0. The van der Waals surface area contributed by atoms with E-state index in [1.54, 1.807) is 16.7 Å². The van der Waals surface area contributed by atoms with Crippen LogP contribution in [0.25, 0.3) is 11.3 Å². The Hall–Kier alpha value is -4.03. The average Bonchev–Trinajstić information content (AvgIpc) is 3.29. The lowest BCUT2D eigenvalue weighted by Gasteiger charge is -2.40. The van der Waals surface area contributed by atoms with Crippen molar-refractivity contribution >= 4 is 17.6 Å². The first-order valence-electron chi connectivity index (χ1n) is 16.3. The Balaban J connectivity index is 1.51. The molecule has 1 aromatic carbocycles. The number of amides is 2. The standard InChI is InChI=1S/C35H44F2N6O4/c1-7-17-46-32-26(37)10-9-25(36)28(32)30-22(3)31-29(34(45)42-16-15-41(27(44)8-2)19-24(42)21-47-31)33(38-30)43-20-23(18-35(43,4)5)40-13-11-39(6)12-14-40/h7-10,23-24H,1-2,11-21H2,3-6H3/t23?,24-/m1/s1. The Morgan fingerprint density at radius 1 is 1.06 bits per heavy atom. The molecule has 252 valence electrons. The predicted molar refractivity (Wildman–Crippen MR) is 176 cm³/mol. The van der Waals surface area contributed by atoms with E-state index in [4.69, 9.17) is 14.5 Å². The highest BCUT2D eigenvalue weighted by Crippen LogP contribution is 2.47. The molecule has 0 N–H and O–H groups in total. The van der Waals surface area contributed by atoms with Crippen molar-refractivity contribution in [2.75, 3.05) is 77.5 Å². The summed E-state index contributed by atoms with van der Waals surface area (Å²) in [5, 5.41) is 0. The van der Waals surface area contributed by atoms with Gasteiger partial charge in [0.25, 0.3) is 5.91 Å². The maximum absolute atomic E-state index is 15.8. The summed E-state index contributed by atoms with van der Waals surface area (Å²) in [7, 11) is 2.12. The summed E-state index contributed by atoms with van der Waals surface area (Å²) >= 11 is 0. The van der Waals surface area contributed by atoms with Crippen molar-refractivity contribution in [1.82, 2.24) is 24.6 Å². The molecule has 4 aliphatic rings. The first kappa shape index (κ1) is 32.9. The Kier molecular flexibility index (Phi) is 9.01. The number of carbonyl (C=O) groups is 2. The van der Waals surface area contributed by atoms with Gasteiger partial charge in [0.05, 0.1) is 17.3 Å². The highest BCUT2D eigenvalue weighted by molar-refractivity contribution is 6.04. The number of hydrogen-bond donors (Lipinski definition) is 0. The van der Waals surface area contributed by atoms with Gasteiger partial charge in [0.15, 0.2) is 11.6 Å². The molecule has 6 rings (SSSR count). The minimum atomic E-state index is -0.737. The first-order chi connectivity index (χ1) is 22.4. The molecule has 0 spiro atoms. The van der Waals surface area contributed by atoms with E-state index >= 15 is 8.78 Å². The first-order valence-corrected chi connectivity index (χ1v) is 16.3. The summed E-state index contributed by atoms with van der Waals surface area (Å²) in [5.41, 5.74) is 0.281. The average molecular weight is 651 g/mol. The number of halogens is 2. The number of pyridine rings is 1. The van der Waals surface area contributed by atoms with Gasteiger partial charge in [-0.05, 0) is 52.4 Å². The molecule has 4 aliphatic heterocycles. The molecule has 0 saturated carbocycles. The zero-order chi connectivity index (χ0) is 33.6. The van der Waals surface area contributed by atoms with E-state index in [1.807, 2.05) is 0 Å². The van der Waals surface area contributed by atoms with E-state index in [2.05, 4.69) is 48.8 Å². The second-order valence-electron chi connectivity index (χ2n) is 13.5. The summed E-state index contributed by atoms with van der Waals surface area (Å²) in [5.74, 6) is -1.54. The molecule has 12 heteroatoms. The lowest BCUT2D eigenvalue weighted by Crippen LogP contribution is -2.57. The van der Waals surface area contributed by atoms with Gasteiger partial charge in [0, 0.05) is 69.5 Å². The number of anilines is 1. The quantitative estimate of drug-likeness (QED) is 0.332. The van der Waals surface area contributed by atoms with E-state index in [0.717, 1.165) is 44.7 Å². The molecule has 1 aromatic heterocycles. The molecule has 2 atom stereocenters. The second kappa shape index (κ2) is 12.9. The SMILES string of the molecule is C=CCOc1c(F)ccc(F)c1-c1nc(N2CC(N3CCN(C)CC3)CC2(C)C)c2c(c1C)OC[C@H]1CN(C(=O)C=C)CCN1C2=O. The molecule has 3 saturated heterocycles. The molecule has 2 aromatic rings. The van der Waals surface area contributed by atoms with Gasteiger partial charge < -0.3 is 29.1 Å². The van der Waals surface area contributed by atoms with Crippen LogP contribution in [0.3, 0.4) is 0 Å². The lowest BCUT2D eigenvalue weighted by atomic mass is 9.97. The number of aromatic nitrogens is 1. The highest BCUT2D eigenvalue weighted by Gasteiger charge is 2.46. The summed E-state index contributed by atoms with van der Waals surface area (Å²) in [6.45, 7) is 18.7. The van der Waals surface area contributed by atoms with Crippen LogP contribution in [0.15, 0.2) is 37.4 Å². The molecule has 10 nitrogen and oxygen atoms in total. The largest absolute Gasteiger partial charge is 0.490 e. The fourth-order valence-electron chi connectivity index (χ4n) is 7.42. The van der Waals surface area contributed by atoms with Crippen molar-refractivity contribution in [3.8, 4) is 22.8 Å². The van der Waals surface area contributed by atoms with Crippen molar-refractivity contribution in [3.05, 3.63) is 60.2 Å². The van der Waals surface area contributed by atoms with E-state index in [1.165, 1.54) is 12.2 Å². The highest BCUT2D eigenvalue weighted by atomic mass is 19.1. The number of nitrogens with zero attached hydrogens (tertiary/aromatic N) is 6. The van der Waals surface area contributed by atoms with Gasteiger partial charge in [0.1, 0.15) is 36.2 Å². The summed E-state index contributed by atoms with van der Waals surface area (Å²) in [6.07, 6.45) is 3.56. The third kappa shape index (κ3) is 5.97. The second-order valence-corrected chi connectivity index (χ2v) is 13.5. The van der Waals surface area contributed by atoms with E-state index in [-0.39, 0.29) is 60.4 Å². The fourth-order valence-corrected chi connectivity index (χ4v) is 7.42. The molecule has 0 aliphatic carbocycles. The molecule has 5 heterocycles. The van der Waals surface area contributed by atoms with Crippen LogP contribution in [0, 0.1) is 18.6 Å². The van der Waals surface area contributed by atoms with Gasteiger partial charge in [-0.15, -0.1) is 0 Å². The van der Waals surface area contributed by atoms with Crippen LogP contribution >= 0.6 is 0 Å². The van der Waals surface area contributed by atoms with E-state index in [0.29, 0.717) is 36.6 Å². The fraction of sp³-hybridized carbons (Fsp3) is 0.514. The van der Waals surface area contributed by atoms with Crippen molar-refractivity contribution in [3.63, 3.8) is 0 Å². The minimum absolute atomic E-state index is 0.0400. The lowest BCUT2D eigenvalue weighted by molar-refractivity contribution is -0.128. The number of fused-ring (bicyclic) bond motifs is 2. The maximum atomic E-state index is 15.8. The van der Waals surface area contributed by atoms with Gasteiger partial charge in [-0.25, -0.2) is 13.8 Å². The van der Waals surface area contributed by atoms with Crippen LogP contribution in [0.2, 0.25) is 0 Å². The van der Waals surface area contributed by atoms with Crippen LogP contribution in [-0.4, -0.2) is 127 Å². The van der Waals surface area contributed by atoms with Crippen LogP contribution in [0.1, 0.15) is 36.2 Å². The van der Waals surface area contributed by atoms with E-state index < -0.39 is 23.2 Å². The number of rotatable bonds is 7. The van der Waals surface area contributed by atoms with Crippen molar-refractivity contribution < 1.29 is 27.8 Å². The smallest absolute Gasteiger partial charge is 0.261 e. The Morgan fingerprint density at radius 3 is 2.49 bits per heavy atom. The van der Waals surface area contributed by atoms with Gasteiger partial charge >= 0.3 is 0 Å². The molecule has 0 bridgehead atoms. The summed E-state index contributed by atoms with van der Waals surface area (Å²) in [4.78, 5) is 42.5. The normalized spacial score (nSPS) is 23.1.